The van der Waals surface area contributed by atoms with Crippen molar-refractivity contribution in [2.45, 2.75) is 6.92 Å². The third-order valence-electron chi connectivity index (χ3n) is 4.45. The predicted octanol–water partition coefficient (Wildman–Crippen LogP) is 4.96. The lowest BCUT2D eigenvalue weighted by Crippen LogP contribution is -2.20. The number of carbonyl (C=O) groups is 1. The van der Waals surface area contributed by atoms with Crippen LogP contribution < -0.4 is 14.8 Å². The summed E-state index contributed by atoms with van der Waals surface area (Å²) in [7, 11) is 0. The summed E-state index contributed by atoms with van der Waals surface area (Å²) in [6.07, 6.45) is 0. The Bertz CT molecular complexity index is 1190. The fraction of sp³-hybridized carbons (Fsp3) is 0.125. The van der Waals surface area contributed by atoms with Crippen molar-refractivity contribution in [1.82, 2.24) is 10.1 Å². The van der Waals surface area contributed by atoms with Crippen molar-refractivity contribution in [3.63, 3.8) is 0 Å². The molecule has 32 heavy (non-hydrogen) atoms. The van der Waals surface area contributed by atoms with E-state index in [1.54, 1.807) is 60.7 Å². The van der Waals surface area contributed by atoms with Crippen molar-refractivity contribution < 1.29 is 23.2 Å². The summed E-state index contributed by atoms with van der Waals surface area (Å²) in [5.74, 6) is 1.05. The normalized spacial score (nSPS) is 10.6. The van der Waals surface area contributed by atoms with Crippen molar-refractivity contribution in [3.8, 4) is 34.3 Å². The van der Waals surface area contributed by atoms with Crippen LogP contribution in [0.15, 0.2) is 77.3 Å². The van der Waals surface area contributed by atoms with Gasteiger partial charge in [-0.1, -0.05) is 17.3 Å². The minimum absolute atomic E-state index is 0.201. The van der Waals surface area contributed by atoms with Gasteiger partial charge in [-0.3, -0.25) is 4.79 Å². The Balaban J connectivity index is 1.42. The molecule has 0 unspecified atom stereocenters. The van der Waals surface area contributed by atoms with Crippen LogP contribution in [0.2, 0.25) is 0 Å². The lowest BCUT2D eigenvalue weighted by molar-refractivity contribution is -0.118. The molecule has 0 spiro atoms. The predicted molar refractivity (Wildman–Crippen MR) is 117 cm³/mol. The van der Waals surface area contributed by atoms with E-state index < -0.39 is 0 Å². The average molecular weight is 433 g/mol. The van der Waals surface area contributed by atoms with Crippen LogP contribution in [0.3, 0.4) is 0 Å². The van der Waals surface area contributed by atoms with Crippen LogP contribution in [-0.2, 0) is 4.79 Å². The van der Waals surface area contributed by atoms with Gasteiger partial charge in [0.2, 0.25) is 5.82 Å². The highest BCUT2D eigenvalue weighted by Crippen LogP contribution is 2.29. The summed E-state index contributed by atoms with van der Waals surface area (Å²) in [5.41, 5.74) is 1.80. The Kier molecular flexibility index (Phi) is 6.41. The Morgan fingerprint density at radius 1 is 1.00 bits per heavy atom. The van der Waals surface area contributed by atoms with E-state index in [-0.39, 0.29) is 24.2 Å². The number of anilines is 1. The highest BCUT2D eigenvalue weighted by atomic mass is 19.1. The molecule has 0 saturated carbocycles. The number of benzene rings is 3. The zero-order valence-electron chi connectivity index (χ0n) is 17.2. The van der Waals surface area contributed by atoms with E-state index in [4.69, 9.17) is 14.0 Å². The summed E-state index contributed by atoms with van der Waals surface area (Å²) in [6, 6.07) is 19.9. The molecule has 0 aliphatic rings. The second-order valence-electron chi connectivity index (χ2n) is 6.72. The van der Waals surface area contributed by atoms with Crippen molar-refractivity contribution in [1.29, 1.82) is 0 Å². The molecule has 0 atom stereocenters. The standard InChI is InChI=1S/C24H20FN3O4/c1-2-30-19-13-11-18(12-14-19)26-22(29)15-31-21-6-4-3-5-20(21)23-27-24(32-28-23)16-7-9-17(25)10-8-16/h3-14H,2,15H2,1H3,(H,26,29). The van der Waals surface area contributed by atoms with Crippen molar-refractivity contribution in [2.24, 2.45) is 0 Å². The van der Waals surface area contributed by atoms with Gasteiger partial charge in [0.1, 0.15) is 17.3 Å². The number of rotatable bonds is 8. The molecule has 8 heteroatoms. The molecule has 1 aromatic heterocycles. The summed E-state index contributed by atoms with van der Waals surface area (Å²) in [4.78, 5) is 16.7. The molecule has 0 radical (unpaired) electrons. The molecule has 1 heterocycles. The van der Waals surface area contributed by atoms with Crippen LogP contribution in [0, 0.1) is 5.82 Å². The van der Waals surface area contributed by atoms with E-state index in [0.29, 0.717) is 35.0 Å². The van der Waals surface area contributed by atoms with Crippen LogP contribution in [0.25, 0.3) is 22.8 Å². The fourth-order valence-corrected chi connectivity index (χ4v) is 2.96. The maximum Gasteiger partial charge on any atom is 0.262 e. The maximum atomic E-state index is 13.1. The lowest BCUT2D eigenvalue weighted by atomic mass is 10.2. The van der Waals surface area contributed by atoms with Gasteiger partial charge in [-0.25, -0.2) is 4.39 Å². The number of para-hydroxylation sites is 1. The summed E-state index contributed by atoms with van der Waals surface area (Å²) >= 11 is 0. The number of nitrogens with zero attached hydrogens (tertiary/aromatic N) is 2. The van der Waals surface area contributed by atoms with Gasteiger partial charge in [-0.15, -0.1) is 0 Å². The molecule has 0 aliphatic heterocycles. The Morgan fingerprint density at radius 2 is 1.75 bits per heavy atom. The number of carbonyl (C=O) groups excluding carboxylic acids is 1. The molecule has 1 amide bonds. The van der Waals surface area contributed by atoms with Gasteiger partial charge in [-0.05, 0) is 67.6 Å². The first-order valence-corrected chi connectivity index (χ1v) is 9.97. The first kappa shape index (κ1) is 21.0. The van der Waals surface area contributed by atoms with Gasteiger partial charge < -0.3 is 19.3 Å². The Hall–Kier alpha value is -4.20. The van der Waals surface area contributed by atoms with E-state index >= 15 is 0 Å². The molecule has 0 aliphatic carbocycles. The first-order chi connectivity index (χ1) is 15.6. The van der Waals surface area contributed by atoms with E-state index in [0.717, 1.165) is 5.75 Å². The maximum absolute atomic E-state index is 13.1. The summed E-state index contributed by atoms with van der Waals surface area (Å²) < 4.78 is 29.5. The highest BCUT2D eigenvalue weighted by molar-refractivity contribution is 5.92. The van der Waals surface area contributed by atoms with Gasteiger partial charge >= 0.3 is 0 Å². The fourth-order valence-electron chi connectivity index (χ4n) is 2.96. The van der Waals surface area contributed by atoms with Crippen LogP contribution in [0.4, 0.5) is 10.1 Å². The van der Waals surface area contributed by atoms with Crippen molar-refractivity contribution >= 4 is 11.6 Å². The molecule has 162 valence electrons. The SMILES string of the molecule is CCOc1ccc(NC(=O)COc2ccccc2-c2noc(-c3ccc(F)cc3)n2)cc1. The molecule has 1 N–H and O–H groups in total. The second-order valence-corrected chi connectivity index (χ2v) is 6.72. The minimum atomic E-state index is -0.351. The number of halogens is 1. The third-order valence-corrected chi connectivity index (χ3v) is 4.45. The quantitative estimate of drug-likeness (QED) is 0.423. The molecular weight excluding hydrogens is 413 g/mol. The van der Waals surface area contributed by atoms with Crippen LogP contribution in [-0.4, -0.2) is 29.3 Å². The monoisotopic (exact) mass is 433 g/mol. The average Bonchev–Trinajstić information content (AvgIpc) is 3.30. The second kappa shape index (κ2) is 9.74. The van der Waals surface area contributed by atoms with Gasteiger partial charge in [0.15, 0.2) is 6.61 Å². The highest BCUT2D eigenvalue weighted by Gasteiger charge is 2.15. The molecule has 7 nitrogen and oxygen atoms in total. The zero-order valence-corrected chi connectivity index (χ0v) is 17.2. The number of nitrogens with one attached hydrogen (secondary N) is 1. The molecule has 0 bridgehead atoms. The molecule has 0 fully saturated rings. The molecule has 0 saturated heterocycles. The van der Waals surface area contributed by atoms with Crippen molar-refractivity contribution in [3.05, 3.63) is 78.6 Å². The van der Waals surface area contributed by atoms with E-state index in [1.807, 2.05) is 6.92 Å². The van der Waals surface area contributed by atoms with Crippen LogP contribution in [0.5, 0.6) is 11.5 Å². The number of aromatic nitrogens is 2. The molecule has 3 aromatic carbocycles. The number of hydrogen-bond donors (Lipinski definition) is 1. The number of ether oxygens (including phenoxy) is 2. The third kappa shape index (κ3) is 5.10. The van der Waals surface area contributed by atoms with Crippen molar-refractivity contribution in [2.75, 3.05) is 18.5 Å². The molecule has 4 aromatic rings. The number of amides is 1. The summed E-state index contributed by atoms with van der Waals surface area (Å²) in [5, 5.41) is 6.76. The first-order valence-electron chi connectivity index (χ1n) is 9.97. The molecule has 4 rings (SSSR count). The van der Waals surface area contributed by atoms with E-state index in [2.05, 4.69) is 15.5 Å². The number of hydrogen-bond acceptors (Lipinski definition) is 6. The smallest absolute Gasteiger partial charge is 0.262 e. The zero-order chi connectivity index (χ0) is 22.3. The Morgan fingerprint density at radius 3 is 2.50 bits per heavy atom. The van der Waals surface area contributed by atoms with Gasteiger partial charge in [-0.2, -0.15) is 4.98 Å². The van der Waals surface area contributed by atoms with Gasteiger partial charge in [0, 0.05) is 11.3 Å². The Labute approximate surface area is 183 Å². The topological polar surface area (TPSA) is 86.5 Å². The largest absolute Gasteiger partial charge is 0.494 e. The van der Waals surface area contributed by atoms with E-state index in [9.17, 15) is 9.18 Å². The molecular formula is C24H20FN3O4. The van der Waals surface area contributed by atoms with E-state index in [1.165, 1.54) is 12.1 Å². The van der Waals surface area contributed by atoms with Gasteiger partial charge in [0.25, 0.3) is 11.8 Å². The van der Waals surface area contributed by atoms with Gasteiger partial charge in [0.05, 0.1) is 12.2 Å². The minimum Gasteiger partial charge on any atom is -0.494 e. The van der Waals surface area contributed by atoms with Crippen LogP contribution >= 0.6 is 0 Å². The lowest BCUT2D eigenvalue weighted by Gasteiger charge is -2.10. The summed E-state index contributed by atoms with van der Waals surface area (Å²) in [6.45, 7) is 2.28. The van der Waals surface area contributed by atoms with Crippen LogP contribution in [0.1, 0.15) is 6.92 Å².